The van der Waals surface area contributed by atoms with Crippen LogP contribution in [0.15, 0.2) is 34.9 Å². The highest BCUT2D eigenvalue weighted by atomic mass is 16.3. The third kappa shape index (κ3) is 1.60. The number of hydrogen-bond acceptors (Lipinski definition) is 4. The summed E-state index contributed by atoms with van der Waals surface area (Å²) in [5, 5.41) is 12.7. The highest BCUT2D eigenvalue weighted by Crippen LogP contribution is 2.19. The van der Waals surface area contributed by atoms with Gasteiger partial charge in [0.2, 0.25) is 5.82 Å². The third-order valence-electron chi connectivity index (χ3n) is 2.62. The maximum Gasteiger partial charge on any atom is 0.220 e. The predicted octanol–water partition coefficient (Wildman–Crippen LogP) is 2.51. The lowest BCUT2D eigenvalue weighted by atomic mass is 10.1. The van der Waals surface area contributed by atoms with Gasteiger partial charge in [-0.25, -0.2) is 0 Å². The van der Waals surface area contributed by atoms with Gasteiger partial charge < -0.3 is 4.42 Å². The van der Waals surface area contributed by atoms with Crippen LogP contribution in [0.1, 0.15) is 25.5 Å². The Bertz CT molecular complexity index is 640. The average Bonchev–Trinajstić information content (AvgIpc) is 2.96. The fourth-order valence-corrected chi connectivity index (χ4v) is 1.67. The van der Waals surface area contributed by atoms with E-state index in [4.69, 9.17) is 4.42 Å². The number of rotatable bonds is 2. The fraction of sp³-hybridized carbons (Fsp3) is 0.250. The molecule has 86 valence electrons. The second kappa shape index (κ2) is 3.69. The highest BCUT2D eigenvalue weighted by molar-refractivity contribution is 5.52. The summed E-state index contributed by atoms with van der Waals surface area (Å²) in [6.07, 6.45) is 1.61. The molecule has 0 saturated heterocycles. The van der Waals surface area contributed by atoms with Crippen molar-refractivity contribution < 1.29 is 4.42 Å². The lowest BCUT2D eigenvalue weighted by Crippen LogP contribution is -2.00. The Morgan fingerprint density at radius 3 is 2.76 bits per heavy atom. The maximum absolute atomic E-state index is 5.32. The minimum absolute atomic E-state index is 0.367. The van der Waals surface area contributed by atoms with E-state index in [0.29, 0.717) is 17.5 Å². The number of aromatic nitrogens is 4. The molecule has 0 aromatic carbocycles. The summed E-state index contributed by atoms with van der Waals surface area (Å²) < 4.78 is 7.04. The van der Waals surface area contributed by atoms with Gasteiger partial charge in [-0.05, 0) is 30.2 Å². The fourth-order valence-electron chi connectivity index (χ4n) is 1.67. The molecule has 0 aliphatic heterocycles. The van der Waals surface area contributed by atoms with Crippen molar-refractivity contribution in [1.29, 1.82) is 0 Å². The largest absolute Gasteiger partial charge is 0.461 e. The molecule has 17 heavy (non-hydrogen) atoms. The van der Waals surface area contributed by atoms with Crippen molar-refractivity contribution in [3.05, 3.63) is 36.2 Å². The molecule has 0 N–H and O–H groups in total. The van der Waals surface area contributed by atoms with Crippen LogP contribution in [0.2, 0.25) is 0 Å². The Balaban J connectivity index is 2.23. The zero-order valence-corrected chi connectivity index (χ0v) is 9.66. The zero-order chi connectivity index (χ0) is 11.8. The topological polar surface area (TPSA) is 56.2 Å². The summed E-state index contributed by atoms with van der Waals surface area (Å²) in [7, 11) is 0. The van der Waals surface area contributed by atoms with E-state index < -0.39 is 0 Å². The molecule has 5 nitrogen and oxygen atoms in total. The zero-order valence-electron chi connectivity index (χ0n) is 9.66. The lowest BCUT2D eigenvalue weighted by molar-refractivity contribution is 0.574. The van der Waals surface area contributed by atoms with Crippen LogP contribution in [-0.2, 0) is 0 Å². The summed E-state index contributed by atoms with van der Waals surface area (Å²) in [5.74, 6) is 1.67. The second-order valence-corrected chi connectivity index (χ2v) is 4.18. The van der Waals surface area contributed by atoms with Gasteiger partial charge in [0, 0.05) is 0 Å². The van der Waals surface area contributed by atoms with Gasteiger partial charge in [0.25, 0.3) is 0 Å². The molecule has 0 saturated carbocycles. The molecule has 0 unspecified atom stereocenters. The van der Waals surface area contributed by atoms with Gasteiger partial charge in [0.15, 0.2) is 11.4 Å². The van der Waals surface area contributed by atoms with Gasteiger partial charge in [0.1, 0.15) is 0 Å². The molecule has 3 heterocycles. The van der Waals surface area contributed by atoms with E-state index in [9.17, 15) is 0 Å². The molecule has 0 spiro atoms. The first-order chi connectivity index (χ1) is 8.25. The molecule has 5 heteroatoms. The molecule has 3 aromatic heterocycles. The molecule has 3 aromatic rings. The second-order valence-electron chi connectivity index (χ2n) is 4.18. The molecular formula is C12H12N4O. The van der Waals surface area contributed by atoms with Crippen LogP contribution in [0.5, 0.6) is 0 Å². The van der Waals surface area contributed by atoms with E-state index in [0.717, 1.165) is 11.3 Å². The number of fused-ring (bicyclic) bond motifs is 1. The molecule has 0 fully saturated rings. The van der Waals surface area contributed by atoms with E-state index in [1.807, 2.05) is 24.3 Å². The summed E-state index contributed by atoms with van der Waals surface area (Å²) in [5.41, 5.74) is 1.73. The van der Waals surface area contributed by atoms with Crippen LogP contribution in [0.25, 0.3) is 17.2 Å². The van der Waals surface area contributed by atoms with E-state index in [1.54, 1.807) is 10.8 Å². The van der Waals surface area contributed by atoms with Crippen LogP contribution in [0, 0.1) is 0 Å². The van der Waals surface area contributed by atoms with Crippen molar-refractivity contribution in [2.75, 3.05) is 0 Å². The lowest BCUT2D eigenvalue weighted by Gasteiger charge is -2.04. The summed E-state index contributed by atoms with van der Waals surface area (Å²) in [6.45, 7) is 4.20. The van der Waals surface area contributed by atoms with Gasteiger partial charge in [-0.1, -0.05) is 13.8 Å². The first-order valence-electron chi connectivity index (χ1n) is 5.52. The number of furan rings is 1. The summed E-state index contributed by atoms with van der Waals surface area (Å²) in [4.78, 5) is 0. The number of hydrogen-bond donors (Lipinski definition) is 0. The van der Waals surface area contributed by atoms with Gasteiger partial charge in [-0.15, -0.1) is 10.2 Å². The van der Waals surface area contributed by atoms with E-state index in [2.05, 4.69) is 29.1 Å². The predicted molar refractivity (Wildman–Crippen MR) is 62.6 cm³/mol. The Morgan fingerprint density at radius 2 is 2.06 bits per heavy atom. The Labute approximate surface area is 98.1 Å². The highest BCUT2D eigenvalue weighted by Gasteiger charge is 2.12. The minimum atomic E-state index is 0.367. The molecule has 3 rings (SSSR count). The monoisotopic (exact) mass is 228 g/mol. The van der Waals surface area contributed by atoms with E-state index >= 15 is 0 Å². The Hall–Kier alpha value is -2.17. The van der Waals surface area contributed by atoms with Crippen LogP contribution < -0.4 is 0 Å². The van der Waals surface area contributed by atoms with Gasteiger partial charge in [-0.2, -0.15) is 9.61 Å². The van der Waals surface area contributed by atoms with Gasteiger partial charge in [-0.3, -0.25) is 0 Å². The molecular weight excluding hydrogens is 216 g/mol. The normalized spacial score (nSPS) is 11.5. The molecule has 0 atom stereocenters. The summed E-state index contributed by atoms with van der Waals surface area (Å²) >= 11 is 0. The van der Waals surface area contributed by atoms with Crippen LogP contribution in [-0.4, -0.2) is 19.8 Å². The van der Waals surface area contributed by atoms with Crippen LogP contribution >= 0.6 is 0 Å². The molecule has 0 bridgehead atoms. The first-order valence-corrected chi connectivity index (χ1v) is 5.52. The molecule has 0 radical (unpaired) electrons. The van der Waals surface area contributed by atoms with E-state index in [-0.39, 0.29) is 0 Å². The molecule has 0 aliphatic rings. The third-order valence-corrected chi connectivity index (χ3v) is 2.62. The van der Waals surface area contributed by atoms with Crippen molar-refractivity contribution in [1.82, 2.24) is 19.8 Å². The van der Waals surface area contributed by atoms with E-state index in [1.165, 1.54) is 0 Å². The minimum Gasteiger partial charge on any atom is -0.461 e. The van der Waals surface area contributed by atoms with Crippen molar-refractivity contribution in [3.63, 3.8) is 0 Å². The average molecular weight is 228 g/mol. The van der Waals surface area contributed by atoms with Crippen molar-refractivity contribution >= 4 is 5.65 Å². The van der Waals surface area contributed by atoms with Crippen LogP contribution in [0.3, 0.4) is 0 Å². The maximum atomic E-state index is 5.32. The Kier molecular flexibility index (Phi) is 2.18. The molecule has 0 amide bonds. The van der Waals surface area contributed by atoms with Crippen LogP contribution in [0.4, 0.5) is 0 Å². The standard InChI is InChI=1S/C12H12N4O/c1-8(2)9-5-6-11-13-14-12(16(11)15-9)10-4-3-7-17-10/h3-8H,1-2H3. The smallest absolute Gasteiger partial charge is 0.220 e. The van der Waals surface area contributed by atoms with Gasteiger partial charge >= 0.3 is 0 Å². The number of nitrogens with zero attached hydrogens (tertiary/aromatic N) is 4. The first kappa shape index (κ1) is 10.0. The van der Waals surface area contributed by atoms with Gasteiger partial charge in [0.05, 0.1) is 12.0 Å². The van der Waals surface area contributed by atoms with Crippen molar-refractivity contribution in [3.8, 4) is 11.6 Å². The Morgan fingerprint density at radius 1 is 1.18 bits per heavy atom. The summed E-state index contributed by atoms with van der Waals surface area (Å²) in [6, 6.07) is 7.56. The van der Waals surface area contributed by atoms with Crippen molar-refractivity contribution in [2.24, 2.45) is 0 Å². The SMILES string of the molecule is CC(C)c1ccc2nnc(-c3ccco3)n2n1. The molecule has 0 aliphatic carbocycles. The quantitative estimate of drug-likeness (QED) is 0.676. The van der Waals surface area contributed by atoms with Crippen molar-refractivity contribution in [2.45, 2.75) is 19.8 Å².